The topological polar surface area (TPSA) is 9.72 Å². The zero-order chi connectivity index (χ0) is 25.3. The maximum absolute atomic E-state index is 2.60. The van der Waals surface area contributed by atoms with E-state index in [-0.39, 0.29) is 0 Å². The second kappa shape index (κ2) is 15.1. The lowest BCUT2D eigenvalue weighted by Gasteiger charge is -2.44. The van der Waals surface area contributed by atoms with Gasteiger partial charge in [0.2, 0.25) is 0 Å². The van der Waals surface area contributed by atoms with Gasteiger partial charge in [-0.3, -0.25) is 0 Å². The number of rotatable bonds is 6. The first kappa shape index (κ1) is 30.9. The molecule has 3 heteroatoms. The molecule has 0 saturated carbocycles. The van der Waals surface area contributed by atoms with Crippen LogP contribution in [0, 0.1) is 35.5 Å². The van der Waals surface area contributed by atoms with Gasteiger partial charge in [-0.2, -0.15) is 0 Å². The van der Waals surface area contributed by atoms with Crippen LogP contribution in [0.2, 0.25) is 0 Å². The highest BCUT2D eigenvalue weighted by Crippen LogP contribution is 2.26. The molecule has 1 atom stereocenters. The normalized spacial score (nSPS) is 24.0. The average molecular weight is 466 g/mol. The van der Waals surface area contributed by atoms with Crippen molar-refractivity contribution in [2.45, 2.75) is 120 Å². The van der Waals surface area contributed by atoms with E-state index in [0.717, 1.165) is 53.6 Å². The molecule has 3 nitrogen and oxygen atoms in total. The van der Waals surface area contributed by atoms with Crippen LogP contribution in [0.1, 0.15) is 102 Å². The van der Waals surface area contributed by atoms with Gasteiger partial charge in [0.15, 0.2) is 0 Å². The van der Waals surface area contributed by atoms with E-state index >= 15 is 0 Å². The fraction of sp³-hybridized carbons (Fsp3) is 1.00. The molecule has 3 aliphatic heterocycles. The molecule has 0 spiro atoms. The third-order valence-electron chi connectivity index (χ3n) is 8.79. The molecule has 0 aromatic rings. The first-order valence-electron chi connectivity index (χ1n) is 14.5. The third kappa shape index (κ3) is 11.0. The Morgan fingerprint density at radius 1 is 0.394 bits per heavy atom. The average Bonchev–Trinajstić information content (AvgIpc) is 3.18. The molecule has 0 bridgehead atoms. The Kier molecular flexibility index (Phi) is 14.1. The van der Waals surface area contributed by atoms with Crippen LogP contribution in [0.25, 0.3) is 0 Å². The van der Waals surface area contributed by atoms with Crippen molar-refractivity contribution in [3.8, 4) is 0 Å². The summed E-state index contributed by atoms with van der Waals surface area (Å²) >= 11 is 0. The molecule has 0 aromatic carbocycles. The van der Waals surface area contributed by atoms with Gasteiger partial charge in [0.1, 0.15) is 0 Å². The van der Waals surface area contributed by atoms with Gasteiger partial charge in [0, 0.05) is 37.8 Å². The summed E-state index contributed by atoms with van der Waals surface area (Å²) in [7, 11) is 0. The summed E-state index contributed by atoms with van der Waals surface area (Å²) in [4.78, 5) is 7.72. The molecular weight excluding hydrogens is 402 g/mol. The molecule has 198 valence electrons. The van der Waals surface area contributed by atoms with E-state index in [4.69, 9.17) is 0 Å². The van der Waals surface area contributed by atoms with Crippen LogP contribution in [0.4, 0.5) is 0 Å². The zero-order valence-corrected chi connectivity index (χ0v) is 24.9. The van der Waals surface area contributed by atoms with Crippen molar-refractivity contribution in [3.63, 3.8) is 0 Å². The summed E-state index contributed by atoms with van der Waals surface area (Å²) in [5.74, 6) is 5.56. The lowest BCUT2D eigenvalue weighted by atomic mass is 9.86. The van der Waals surface area contributed by atoms with Crippen LogP contribution in [0.3, 0.4) is 0 Å². The van der Waals surface area contributed by atoms with E-state index < -0.39 is 0 Å². The van der Waals surface area contributed by atoms with Crippen molar-refractivity contribution in [2.24, 2.45) is 35.5 Å². The number of likely N-dealkylation sites (tertiary alicyclic amines) is 3. The van der Waals surface area contributed by atoms with Gasteiger partial charge >= 0.3 is 0 Å². The van der Waals surface area contributed by atoms with E-state index in [1.807, 2.05) is 0 Å². The molecule has 33 heavy (non-hydrogen) atoms. The molecule has 3 aliphatic rings. The molecule has 0 radical (unpaired) electrons. The number of nitrogens with zero attached hydrogens (tertiary/aromatic N) is 3. The second-order valence-electron chi connectivity index (χ2n) is 13.1. The second-order valence-corrected chi connectivity index (χ2v) is 13.1. The summed E-state index contributed by atoms with van der Waals surface area (Å²) in [5, 5.41) is 0. The van der Waals surface area contributed by atoms with E-state index in [0.29, 0.717) is 0 Å². The molecule has 3 fully saturated rings. The van der Waals surface area contributed by atoms with Crippen LogP contribution in [-0.4, -0.2) is 72.1 Å². The highest BCUT2D eigenvalue weighted by molar-refractivity contribution is 4.83. The highest BCUT2D eigenvalue weighted by Gasteiger charge is 2.30. The Morgan fingerprint density at radius 2 is 0.727 bits per heavy atom. The fourth-order valence-electron chi connectivity index (χ4n) is 5.32. The monoisotopic (exact) mass is 466 g/mol. The van der Waals surface area contributed by atoms with Crippen molar-refractivity contribution >= 4 is 0 Å². The van der Waals surface area contributed by atoms with E-state index in [9.17, 15) is 0 Å². The summed E-state index contributed by atoms with van der Waals surface area (Å²) in [6.45, 7) is 35.7. The minimum atomic E-state index is 0.748. The molecule has 0 aromatic heterocycles. The van der Waals surface area contributed by atoms with Gasteiger partial charge in [-0.1, -0.05) is 41.5 Å². The third-order valence-corrected chi connectivity index (χ3v) is 8.79. The quantitative estimate of drug-likeness (QED) is 0.413. The molecule has 0 aliphatic carbocycles. The van der Waals surface area contributed by atoms with Crippen molar-refractivity contribution in [1.82, 2.24) is 14.7 Å². The largest absolute Gasteiger partial charge is 0.301 e. The highest BCUT2D eigenvalue weighted by atomic mass is 15.2. The summed E-state index contributed by atoms with van der Waals surface area (Å²) < 4.78 is 0. The summed E-state index contributed by atoms with van der Waals surface area (Å²) in [6, 6.07) is 2.26. The van der Waals surface area contributed by atoms with Crippen molar-refractivity contribution < 1.29 is 0 Å². The number of hydrogen-bond acceptors (Lipinski definition) is 3. The fourth-order valence-corrected chi connectivity index (χ4v) is 5.32. The van der Waals surface area contributed by atoms with Crippen LogP contribution in [0.15, 0.2) is 0 Å². The Morgan fingerprint density at radius 3 is 1.03 bits per heavy atom. The SMILES string of the molecule is CC(C)C1CCN(C(C)C)C1.CC(C)C1CCN(C(C)C)CC1.CC(C)C1CN(C(C)C)C1. The van der Waals surface area contributed by atoms with Crippen molar-refractivity contribution in [3.05, 3.63) is 0 Å². The van der Waals surface area contributed by atoms with Gasteiger partial charge < -0.3 is 14.7 Å². The molecule has 3 rings (SSSR count). The summed E-state index contributed by atoms with van der Waals surface area (Å²) in [5.41, 5.74) is 0. The maximum Gasteiger partial charge on any atom is 0.00388 e. The van der Waals surface area contributed by atoms with Gasteiger partial charge in [0.05, 0.1) is 0 Å². The lowest BCUT2D eigenvalue weighted by Crippen LogP contribution is -2.51. The van der Waals surface area contributed by atoms with E-state index in [2.05, 4.69) is 97.8 Å². The minimum Gasteiger partial charge on any atom is -0.301 e. The Balaban J connectivity index is 0.000000249. The van der Waals surface area contributed by atoms with Gasteiger partial charge in [-0.25, -0.2) is 0 Å². The molecule has 0 amide bonds. The first-order valence-corrected chi connectivity index (χ1v) is 14.5. The predicted molar refractivity (Wildman–Crippen MR) is 149 cm³/mol. The molecule has 3 saturated heterocycles. The Labute approximate surface area is 210 Å². The van der Waals surface area contributed by atoms with Crippen LogP contribution in [0.5, 0.6) is 0 Å². The van der Waals surface area contributed by atoms with E-state index in [1.165, 1.54) is 58.5 Å². The first-order chi connectivity index (χ1) is 15.3. The van der Waals surface area contributed by atoms with Gasteiger partial charge in [-0.15, -0.1) is 0 Å². The molecular formula is C30H63N3. The number of piperidine rings is 1. The van der Waals surface area contributed by atoms with Gasteiger partial charge in [0.25, 0.3) is 0 Å². The smallest absolute Gasteiger partial charge is 0.00388 e. The Hall–Kier alpha value is -0.120. The molecule has 1 unspecified atom stereocenters. The summed E-state index contributed by atoms with van der Waals surface area (Å²) in [6.07, 6.45) is 4.24. The van der Waals surface area contributed by atoms with Crippen molar-refractivity contribution in [2.75, 3.05) is 39.3 Å². The maximum atomic E-state index is 2.60. The van der Waals surface area contributed by atoms with Gasteiger partial charge in [-0.05, 0) is 116 Å². The minimum absolute atomic E-state index is 0.748. The molecule has 0 N–H and O–H groups in total. The van der Waals surface area contributed by atoms with Crippen LogP contribution < -0.4 is 0 Å². The van der Waals surface area contributed by atoms with Crippen LogP contribution in [-0.2, 0) is 0 Å². The predicted octanol–water partition coefficient (Wildman–Crippen LogP) is 7.12. The standard InChI is InChI=1S/C11H23N.C10H21N.C9H19N/c1-9(2)11-5-7-12(8-6-11)10(3)4;1-8(2)10-5-6-11(7-10)9(3)4;1-7(2)9-5-10(6-9)8(3)4/h9-11H,5-8H2,1-4H3;8-10H,5-7H2,1-4H3;7-9H,5-6H2,1-4H3. The van der Waals surface area contributed by atoms with E-state index in [1.54, 1.807) is 0 Å². The number of hydrogen-bond donors (Lipinski definition) is 0. The Bertz CT molecular complexity index is 441. The van der Waals surface area contributed by atoms with Crippen molar-refractivity contribution in [1.29, 1.82) is 0 Å². The lowest BCUT2D eigenvalue weighted by molar-refractivity contribution is 0.0408. The van der Waals surface area contributed by atoms with Crippen LogP contribution >= 0.6 is 0 Å². The molecule has 3 heterocycles. The zero-order valence-electron chi connectivity index (χ0n) is 24.9.